The molecule has 0 spiro atoms. The Bertz CT molecular complexity index is 810. The molecule has 0 fully saturated rings. The van der Waals surface area contributed by atoms with Crippen LogP contribution in [0.3, 0.4) is 0 Å². The zero-order chi connectivity index (χ0) is 16.4. The van der Waals surface area contributed by atoms with Crippen molar-refractivity contribution in [3.63, 3.8) is 0 Å². The van der Waals surface area contributed by atoms with Crippen molar-refractivity contribution in [2.24, 2.45) is 5.73 Å². The van der Waals surface area contributed by atoms with Gasteiger partial charge in [-0.2, -0.15) is 0 Å². The Hall–Kier alpha value is -2.18. The lowest BCUT2D eigenvalue weighted by Gasteiger charge is -2.09. The molecule has 0 aliphatic carbocycles. The van der Waals surface area contributed by atoms with Crippen LogP contribution < -0.4 is 11.2 Å². The van der Waals surface area contributed by atoms with Gasteiger partial charge in [0.25, 0.3) is 0 Å². The van der Waals surface area contributed by atoms with Crippen LogP contribution in [0.4, 0.5) is 0 Å². The van der Waals surface area contributed by atoms with Gasteiger partial charge in [0.2, 0.25) is 5.43 Å². The van der Waals surface area contributed by atoms with Gasteiger partial charge in [0.1, 0.15) is 5.56 Å². The number of carboxylic acid groups (broad SMARTS) is 1. The molecule has 0 unspecified atom stereocenters. The summed E-state index contributed by atoms with van der Waals surface area (Å²) in [5, 5.41) is 9.73. The van der Waals surface area contributed by atoms with E-state index < -0.39 is 11.4 Å². The minimum Gasteiger partial charge on any atom is -0.477 e. The number of carboxylic acids is 1. The summed E-state index contributed by atoms with van der Waals surface area (Å²) < 4.78 is 7.24. The maximum Gasteiger partial charge on any atom is 0.341 e. The van der Waals surface area contributed by atoms with Crippen molar-refractivity contribution in [2.45, 2.75) is 25.8 Å². The van der Waals surface area contributed by atoms with Gasteiger partial charge in [-0.25, -0.2) is 4.79 Å². The van der Waals surface area contributed by atoms with Gasteiger partial charge in [0, 0.05) is 31.3 Å². The minimum absolute atomic E-state index is 0.159. The zero-order valence-electron chi connectivity index (χ0n) is 12.9. The van der Waals surface area contributed by atoms with E-state index in [1.165, 1.54) is 6.20 Å². The summed E-state index contributed by atoms with van der Waals surface area (Å²) in [6.45, 7) is 2.41. The van der Waals surface area contributed by atoms with E-state index in [1.54, 1.807) is 0 Å². The molecule has 3 N–H and O–H groups in total. The number of hydrogen-bond acceptors (Lipinski definition) is 4. The van der Waals surface area contributed by atoms with Crippen LogP contribution in [0.25, 0.3) is 10.9 Å². The molecule has 1 aliphatic rings. The Morgan fingerprint density at radius 1 is 1.35 bits per heavy atom. The first-order chi connectivity index (χ1) is 11.1. The number of hydrogen-bond donors (Lipinski definition) is 2. The Morgan fingerprint density at radius 2 is 2.17 bits per heavy atom. The van der Waals surface area contributed by atoms with E-state index in [2.05, 4.69) is 6.07 Å². The standard InChI is InChI=1S/C17H20N2O4/c18-4-7-23-6-1-2-11-8-12-3-5-19-10-14(17(21)22)16(20)13(9-11)15(12)19/h8-10H,1-7,18H2,(H,21,22). The van der Waals surface area contributed by atoms with Crippen molar-refractivity contribution >= 4 is 16.9 Å². The number of ether oxygens (including phenoxy) is 1. The van der Waals surface area contributed by atoms with Crippen LogP contribution in [0.2, 0.25) is 0 Å². The first-order valence-corrected chi connectivity index (χ1v) is 7.82. The van der Waals surface area contributed by atoms with Crippen LogP contribution in [0, 0.1) is 0 Å². The summed E-state index contributed by atoms with van der Waals surface area (Å²) in [7, 11) is 0. The highest BCUT2D eigenvalue weighted by Gasteiger charge is 2.21. The third-order valence-corrected chi connectivity index (χ3v) is 4.18. The Labute approximate surface area is 133 Å². The number of carbonyl (C=O) groups is 1. The highest BCUT2D eigenvalue weighted by Crippen LogP contribution is 2.26. The average molecular weight is 316 g/mol. The van der Waals surface area contributed by atoms with Crippen molar-refractivity contribution in [3.05, 3.63) is 45.2 Å². The molecule has 3 rings (SSSR count). The highest BCUT2D eigenvalue weighted by atomic mass is 16.5. The lowest BCUT2D eigenvalue weighted by Crippen LogP contribution is -2.18. The molecule has 122 valence electrons. The van der Waals surface area contributed by atoms with Gasteiger partial charge < -0.3 is 20.1 Å². The lowest BCUT2D eigenvalue weighted by molar-refractivity contribution is 0.0695. The second kappa shape index (κ2) is 6.52. The van der Waals surface area contributed by atoms with E-state index in [1.807, 2.05) is 10.6 Å². The van der Waals surface area contributed by atoms with Crippen LogP contribution in [-0.2, 0) is 24.1 Å². The van der Waals surface area contributed by atoms with Gasteiger partial charge >= 0.3 is 5.97 Å². The fraction of sp³-hybridized carbons (Fsp3) is 0.412. The normalized spacial score (nSPS) is 12.9. The Morgan fingerprint density at radius 3 is 2.91 bits per heavy atom. The number of aryl methyl sites for hydroxylation is 3. The molecule has 0 amide bonds. The first-order valence-electron chi connectivity index (χ1n) is 7.82. The van der Waals surface area contributed by atoms with E-state index in [-0.39, 0.29) is 5.56 Å². The van der Waals surface area contributed by atoms with E-state index in [0.717, 1.165) is 42.5 Å². The molecule has 1 aromatic carbocycles. The van der Waals surface area contributed by atoms with Gasteiger partial charge in [0.15, 0.2) is 0 Å². The van der Waals surface area contributed by atoms with Crippen molar-refractivity contribution in [1.82, 2.24) is 4.57 Å². The molecule has 0 saturated heterocycles. The summed E-state index contributed by atoms with van der Waals surface area (Å²) in [4.78, 5) is 23.7. The predicted octanol–water partition coefficient (Wildman–Crippen LogP) is 1.16. The molecule has 1 aliphatic heterocycles. The smallest absolute Gasteiger partial charge is 0.341 e. The second-order valence-electron chi connectivity index (χ2n) is 5.78. The molecule has 6 nitrogen and oxygen atoms in total. The molecule has 0 radical (unpaired) electrons. The number of aromatic nitrogens is 1. The molecular formula is C17H20N2O4. The van der Waals surface area contributed by atoms with Gasteiger partial charge in [-0.15, -0.1) is 0 Å². The third kappa shape index (κ3) is 3.00. The summed E-state index contributed by atoms with van der Waals surface area (Å²) in [6.07, 6.45) is 3.93. The fourth-order valence-electron chi connectivity index (χ4n) is 3.17. The molecule has 6 heteroatoms. The van der Waals surface area contributed by atoms with Gasteiger partial charge in [-0.3, -0.25) is 4.79 Å². The van der Waals surface area contributed by atoms with Crippen molar-refractivity contribution < 1.29 is 14.6 Å². The number of pyridine rings is 1. The number of rotatable bonds is 7. The van der Waals surface area contributed by atoms with E-state index >= 15 is 0 Å². The maximum atomic E-state index is 12.4. The van der Waals surface area contributed by atoms with E-state index in [4.69, 9.17) is 10.5 Å². The van der Waals surface area contributed by atoms with Gasteiger partial charge in [-0.05, 0) is 36.5 Å². The van der Waals surface area contributed by atoms with Crippen LogP contribution >= 0.6 is 0 Å². The largest absolute Gasteiger partial charge is 0.477 e. The van der Waals surface area contributed by atoms with Crippen LogP contribution in [-0.4, -0.2) is 35.4 Å². The Balaban J connectivity index is 1.93. The number of nitrogens with two attached hydrogens (primary N) is 1. The SMILES string of the molecule is NCCOCCCc1cc2c3c(c1)c(=O)c(C(=O)O)cn3CC2. The number of benzene rings is 1. The number of nitrogens with zero attached hydrogens (tertiary/aromatic N) is 1. The minimum atomic E-state index is -1.17. The monoisotopic (exact) mass is 316 g/mol. The second-order valence-corrected chi connectivity index (χ2v) is 5.78. The van der Waals surface area contributed by atoms with Gasteiger partial charge in [0.05, 0.1) is 12.1 Å². The summed E-state index contributed by atoms with van der Waals surface area (Å²) >= 11 is 0. The molecule has 0 saturated carbocycles. The first kappa shape index (κ1) is 15.7. The van der Waals surface area contributed by atoms with E-state index in [0.29, 0.717) is 25.1 Å². The Kier molecular flexibility index (Phi) is 4.45. The molecular weight excluding hydrogens is 296 g/mol. The average Bonchev–Trinajstić information content (AvgIpc) is 2.93. The van der Waals surface area contributed by atoms with Crippen LogP contribution in [0.1, 0.15) is 27.9 Å². The van der Waals surface area contributed by atoms with Crippen molar-refractivity contribution in [2.75, 3.05) is 19.8 Å². The van der Waals surface area contributed by atoms with Crippen molar-refractivity contribution in [1.29, 1.82) is 0 Å². The molecule has 2 aromatic rings. The molecule has 0 atom stereocenters. The molecule has 1 aromatic heterocycles. The maximum absolute atomic E-state index is 12.4. The summed E-state index contributed by atoms with van der Waals surface area (Å²) in [5.74, 6) is -1.17. The summed E-state index contributed by atoms with van der Waals surface area (Å²) in [5.41, 5.74) is 7.87. The molecule has 2 heterocycles. The zero-order valence-corrected chi connectivity index (χ0v) is 12.9. The number of aromatic carboxylic acids is 1. The van der Waals surface area contributed by atoms with E-state index in [9.17, 15) is 14.7 Å². The lowest BCUT2D eigenvalue weighted by atomic mass is 10.0. The molecule has 23 heavy (non-hydrogen) atoms. The molecule has 0 bridgehead atoms. The fourth-order valence-corrected chi connectivity index (χ4v) is 3.17. The van der Waals surface area contributed by atoms with Crippen LogP contribution in [0.5, 0.6) is 0 Å². The quantitative estimate of drug-likeness (QED) is 0.748. The third-order valence-electron chi connectivity index (χ3n) is 4.18. The van der Waals surface area contributed by atoms with Crippen LogP contribution in [0.15, 0.2) is 23.1 Å². The summed E-state index contributed by atoms with van der Waals surface area (Å²) in [6, 6.07) is 3.95. The predicted molar refractivity (Wildman–Crippen MR) is 87.1 cm³/mol. The van der Waals surface area contributed by atoms with Crippen molar-refractivity contribution in [3.8, 4) is 0 Å². The van der Waals surface area contributed by atoms with Gasteiger partial charge in [-0.1, -0.05) is 6.07 Å². The highest BCUT2D eigenvalue weighted by molar-refractivity contribution is 5.94. The topological polar surface area (TPSA) is 94.6 Å².